The van der Waals surface area contributed by atoms with Crippen LogP contribution < -0.4 is 5.46 Å². The Balaban J connectivity index is 1.74. The van der Waals surface area contributed by atoms with Gasteiger partial charge >= 0.3 is 7.12 Å². The van der Waals surface area contributed by atoms with Crippen molar-refractivity contribution < 1.29 is 19.2 Å². The van der Waals surface area contributed by atoms with E-state index in [2.05, 4.69) is 4.90 Å². The molecule has 1 aliphatic heterocycles. The topological polar surface area (TPSA) is 52.9 Å². The molecule has 1 heterocycles. The number of rotatable bonds is 3. The van der Waals surface area contributed by atoms with E-state index >= 15 is 0 Å². The van der Waals surface area contributed by atoms with Crippen LogP contribution in [0.4, 0.5) is 4.39 Å². The summed E-state index contributed by atoms with van der Waals surface area (Å²) in [7, 11) is -1.62. The van der Waals surface area contributed by atoms with E-state index in [-0.39, 0.29) is 11.3 Å². The van der Waals surface area contributed by atoms with Crippen molar-refractivity contribution in [1.82, 2.24) is 4.90 Å². The van der Waals surface area contributed by atoms with E-state index in [0.717, 1.165) is 19.4 Å². The van der Waals surface area contributed by atoms with E-state index in [1.807, 2.05) is 0 Å². The quantitative estimate of drug-likeness (QED) is 0.779. The predicted octanol–water partition coefficient (Wildman–Crippen LogP) is 0.259. The molecule has 1 aromatic carbocycles. The maximum atomic E-state index is 14.0. The van der Waals surface area contributed by atoms with Crippen LogP contribution in [0.25, 0.3) is 0 Å². The molecule has 2 unspecified atom stereocenters. The Morgan fingerprint density at radius 3 is 2.95 bits per heavy atom. The van der Waals surface area contributed by atoms with Gasteiger partial charge in [0, 0.05) is 24.7 Å². The number of hydrogen-bond acceptors (Lipinski definition) is 4. The second kappa shape index (κ2) is 5.81. The summed E-state index contributed by atoms with van der Waals surface area (Å²) >= 11 is 0. The van der Waals surface area contributed by atoms with Crippen LogP contribution in [0.2, 0.25) is 0 Å². The minimum absolute atomic E-state index is 0.187. The van der Waals surface area contributed by atoms with Crippen LogP contribution in [0.1, 0.15) is 24.8 Å². The minimum atomic E-state index is -1.62. The Morgan fingerprint density at radius 1 is 1.35 bits per heavy atom. The molecule has 1 aliphatic carbocycles. The van der Waals surface area contributed by atoms with Gasteiger partial charge in [-0.25, -0.2) is 4.39 Å². The van der Waals surface area contributed by atoms with E-state index in [1.54, 1.807) is 12.1 Å². The normalized spacial score (nSPS) is 26.6. The maximum absolute atomic E-state index is 14.0. The molecule has 1 aromatic rings. The van der Waals surface area contributed by atoms with E-state index in [9.17, 15) is 4.39 Å². The summed E-state index contributed by atoms with van der Waals surface area (Å²) in [6.45, 7) is 2.08. The smallest absolute Gasteiger partial charge is 0.423 e. The van der Waals surface area contributed by atoms with Crippen molar-refractivity contribution in [2.75, 3.05) is 13.2 Å². The fourth-order valence-corrected chi connectivity index (χ4v) is 3.27. The summed E-state index contributed by atoms with van der Waals surface area (Å²) in [6, 6.07) is 4.80. The third-order valence-electron chi connectivity index (χ3n) is 4.35. The first-order valence-corrected chi connectivity index (χ1v) is 7.15. The molecule has 3 rings (SSSR count). The van der Waals surface area contributed by atoms with Gasteiger partial charge in [0.05, 0.1) is 12.7 Å². The molecule has 2 N–H and O–H groups in total. The molecule has 2 aliphatic rings. The fraction of sp³-hybridized carbons (Fsp3) is 0.571. The second-order valence-electron chi connectivity index (χ2n) is 5.60. The monoisotopic (exact) mass is 279 g/mol. The number of nitrogens with zero attached hydrogens (tertiary/aromatic N) is 1. The molecule has 6 heteroatoms. The first kappa shape index (κ1) is 14.0. The van der Waals surface area contributed by atoms with Crippen LogP contribution in [-0.4, -0.2) is 47.4 Å². The van der Waals surface area contributed by atoms with Crippen LogP contribution in [0, 0.1) is 5.82 Å². The first-order chi connectivity index (χ1) is 9.65. The summed E-state index contributed by atoms with van der Waals surface area (Å²) < 4.78 is 19.8. The van der Waals surface area contributed by atoms with Crippen molar-refractivity contribution in [3.63, 3.8) is 0 Å². The number of fused-ring (bicyclic) bond motifs is 1. The van der Waals surface area contributed by atoms with Gasteiger partial charge in [0.2, 0.25) is 0 Å². The molecule has 20 heavy (non-hydrogen) atoms. The van der Waals surface area contributed by atoms with E-state index in [0.29, 0.717) is 30.9 Å². The van der Waals surface area contributed by atoms with Gasteiger partial charge in [0.15, 0.2) is 0 Å². The van der Waals surface area contributed by atoms with Gasteiger partial charge in [-0.2, -0.15) is 0 Å². The van der Waals surface area contributed by atoms with Gasteiger partial charge in [-0.15, -0.1) is 0 Å². The number of ether oxygens (including phenoxy) is 1. The first-order valence-electron chi connectivity index (χ1n) is 7.15. The molecule has 0 bridgehead atoms. The Labute approximate surface area is 118 Å². The zero-order chi connectivity index (χ0) is 14.1. The molecule has 2 fully saturated rings. The number of benzene rings is 1. The van der Waals surface area contributed by atoms with Crippen molar-refractivity contribution >= 4 is 12.6 Å². The minimum Gasteiger partial charge on any atom is -0.423 e. The van der Waals surface area contributed by atoms with Crippen molar-refractivity contribution in [3.8, 4) is 0 Å². The molecule has 4 nitrogen and oxygen atoms in total. The lowest BCUT2D eigenvalue weighted by Crippen LogP contribution is -2.48. The highest BCUT2D eigenvalue weighted by atomic mass is 19.1. The molecule has 0 spiro atoms. The summed E-state index contributed by atoms with van der Waals surface area (Å²) in [6.07, 6.45) is 3.67. The number of morpholine rings is 1. The largest absolute Gasteiger partial charge is 0.488 e. The Morgan fingerprint density at radius 2 is 2.20 bits per heavy atom. The molecule has 1 saturated carbocycles. The summed E-state index contributed by atoms with van der Waals surface area (Å²) in [5, 5.41) is 18.1. The lowest BCUT2D eigenvalue weighted by atomic mass is 9.80. The van der Waals surface area contributed by atoms with Gasteiger partial charge in [0.25, 0.3) is 0 Å². The zero-order valence-corrected chi connectivity index (χ0v) is 11.3. The highest BCUT2D eigenvalue weighted by molar-refractivity contribution is 6.58. The summed E-state index contributed by atoms with van der Waals surface area (Å²) in [5.74, 6) is -0.378. The fourth-order valence-electron chi connectivity index (χ4n) is 3.27. The third-order valence-corrected chi connectivity index (χ3v) is 4.35. The SMILES string of the molecule is OB(O)c1ccc(CN2CCOC3CCCC32)c(F)c1. The average Bonchev–Trinajstić information content (AvgIpc) is 2.90. The van der Waals surface area contributed by atoms with E-state index in [1.165, 1.54) is 12.5 Å². The predicted molar refractivity (Wildman–Crippen MR) is 74.0 cm³/mol. The molecule has 0 radical (unpaired) electrons. The Hall–Kier alpha value is -0.945. The number of hydrogen-bond donors (Lipinski definition) is 2. The average molecular weight is 279 g/mol. The highest BCUT2D eigenvalue weighted by Gasteiger charge is 2.36. The molecule has 0 amide bonds. The molecular formula is C14H19BFNO3. The summed E-state index contributed by atoms with van der Waals surface area (Å²) in [4.78, 5) is 2.29. The molecule has 0 aromatic heterocycles. The molecule has 2 atom stereocenters. The Kier molecular flexibility index (Phi) is 4.07. The van der Waals surface area contributed by atoms with Gasteiger partial charge in [-0.1, -0.05) is 12.1 Å². The van der Waals surface area contributed by atoms with Gasteiger partial charge in [-0.05, 0) is 30.8 Å². The van der Waals surface area contributed by atoms with Crippen LogP contribution in [0.5, 0.6) is 0 Å². The van der Waals surface area contributed by atoms with E-state index in [4.69, 9.17) is 14.8 Å². The van der Waals surface area contributed by atoms with E-state index < -0.39 is 7.12 Å². The van der Waals surface area contributed by atoms with Gasteiger partial charge < -0.3 is 14.8 Å². The van der Waals surface area contributed by atoms with Crippen molar-refractivity contribution in [2.45, 2.75) is 38.0 Å². The second-order valence-corrected chi connectivity index (χ2v) is 5.60. The number of halogens is 1. The third kappa shape index (κ3) is 2.74. The van der Waals surface area contributed by atoms with Gasteiger partial charge in [-0.3, -0.25) is 4.90 Å². The lowest BCUT2D eigenvalue weighted by Gasteiger charge is -2.37. The van der Waals surface area contributed by atoms with Crippen LogP contribution >= 0.6 is 0 Å². The summed E-state index contributed by atoms with van der Waals surface area (Å²) in [5.41, 5.74) is 0.786. The molecular weight excluding hydrogens is 260 g/mol. The van der Waals surface area contributed by atoms with Crippen molar-refractivity contribution in [1.29, 1.82) is 0 Å². The van der Waals surface area contributed by atoms with Crippen LogP contribution in [-0.2, 0) is 11.3 Å². The molecule has 1 saturated heterocycles. The van der Waals surface area contributed by atoms with Crippen LogP contribution in [0.15, 0.2) is 18.2 Å². The van der Waals surface area contributed by atoms with Gasteiger partial charge in [0.1, 0.15) is 5.82 Å². The lowest BCUT2D eigenvalue weighted by molar-refractivity contribution is -0.0591. The highest BCUT2D eigenvalue weighted by Crippen LogP contribution is 2.30. The van der Waals surface area contributed by atoms with Crippen molar-refractivity contribution in [3.05, 3.63) is 29.6 Å². The standard InChI is InChI=1S/C14H19BFNO3/c16-12-8-11(15(18)19)5-4-10(12)9-17-6-7-20-14-3-1-2-13(14)17/h4-5,8,13-14,18-19H,1-3,6-7,9H2. The molecule has 108 valence electrons. The van der Waals surface area contributed by atoms with Crippen molar-refractivity contribution in [2.24, 2.45) is 0 Å². The van der Waals surface area contributed by atoms with Crippen LogP contribution in [0.3, 0.4) is 0 Å². The Bertz CT molecular complexity index is 485. The zero-order valence-electron chi connectivity index (χ0n) is 11.3. The maximum Gasteiger partial charge on any atom is 0.488 e.